The minimum Gasteiger partial charge on any atom is -0.490 e. The molecule has 2 aliphatic heterocycles. The first-order valence-corrected chi connectivity index (χ1v) is 14.0. The topological polar surface area (TPSA) is 136 Å². The molecule has 2 heterocycles. The Kier molecular flexibility index (Phi) is 10.8. The molecule has 0 amide bonds. The van der Waals surface area contributed by atoms with Gasteiger partial charge in [0.2, 0.25) is 0 Å². The van der Waals surface area contributed by atoms with Crippen molar-refractivity contribution in [2.45, 2.75) is 51.7 Å². The van der Waals surface area contributed by atoms with E-state index in [0.29, 0.717) is 29.3 Å². The van der Waals surface area contributed by atoms with Gasteiger partial charge in [0.25, 0.3) is 5.69 Å². The van der Waals surface area contributed by atoms with Gasteiger partial charge in [-0.05, 0) is 62.8 Å². The average Bonchev–Trinajstić information content (AvgIpc) is 2.99. The molecule has 2 unspecified atom stereocenters. The zero-order valence-electron chi connectivity index (χ0n) is 24.1. The number of carbonyl (C=O) groups is 2. The van der Waals surface area contributed by atoms with Gasteiger partial charge in [0.15, 0.2) is 6.29 Å². The smallest absolute Gasteiger partial charge is 0.336 e. The van der Waals surface area contributed by atoms with Crippen molar-refractivity contribution < 1.29 is 38.2 Å². The van der Waals surface area contributed by atoms with Crippen LogP contribution in [0.3, 0.4) is 0 Å². The van der Waals surface area contributed by atoms with E-state index in [4.69, 9.17) is 23.7 Å². The van der Waals surface area contributed by atoms with Crippen LogP contribution < -0.4 is 4.74 Å². The lowest BCUT2D eigenvalue weighted by atomic mass is 9.75. The molecule has 0 saturated carbocycles. The predicted octanol–water partition coefficient (Wildman–Crippen LogP) is 4.92. The number of hydrogen-bond donors (Lipinski definition) is 0. The van der Waals surface area contributed by atoms with Crippen LogP contribution in [0.25, 0.3) is 0 Å². The van der Waals surface area contributed by atoms with Crippen molar-refractivity contribution in [2.75, 3.05) is 33.5 Å². The highest BCUT2D eigenvalue weighted by atomic mass is 16.7. The number of carbonyl (C=O) groups excluding carboxylic acids is 2. The van der Waals surface area contributed by atoms with Gasteiger partial charge in [-0.3, -0.25) is 19.9 Å². The molecule has 0 radical (unpaired) electrons. The molecule has 42 heavy (non-hydrogen) atoms. The molecule has 2 aromatic rings. The lowest BCUT2D eigenvalue weighted by Gasteiger charge is -2.31. The number of benzene rings is 2. The highest BCUT2D eigenvalue weighted by Gasteiger charge is 2.42. The quantitative estimate of drug-likeness (QED) is 0.148. The number of aliphatic imine (C=N–C) groups is 1. The number of nitro benzene ring substituents is 1. The summed E-state index contributed by atoms with van der Waals surface area (Å²) < 4.78 is 27.7. The van der Waals surface area contributed by atoms with Crippen LogP contribution in [-0.4, -0.2) is 62.4 Å². The van der Waals surface area contributed by atoms with Gasteiger partial charge >= 0.3 is 11.9 Å². The Hall–Kier alpha value is -4.09. The molecule has 0 aromatic heterocycles. The first kappa shape index (κ1) is 30.9. The molecule has 2 aromatic carbocycles. The highest BCUT2D eigenvalue weighted by molar-refractivity contribution is 6.07. The van der Waals surface area contributed by atoms with Crippen molar-refractivity contribution in [1.29, 1.82) is 0 Å². The summed E-state index contributed by atoms with van der Waals surface area (Å²) in [6.45, 7) is 4.68. The van der Waals surface area contributed by atoms with Crippen LogP contribution in [0, 0.1) is 16.0 Å². The third-order valence-electron chi connectivity index (χ3n) is 7.28. The average molecular weight is 581 g/mol. The van der Waals surface area contributed by atoms with Gasteiger partial charge < -0.3 is 23.7 Å². The molecule has 0 N–H and O–H groups in total. The molecular formula is C31H36N2O9. The fourth-order valence-electron chi connectivity index (χ4n) is 5.20. The van der Waals surface area contributed by atoms with Crippen molar-refractivity contribution in [3.63, 3.8) is 0 Å². The molecule has 1 fully saturated rings. The maximum absolute atomic E-state index is 13.3. The number of allylic oxidation sites excluding steroid dienone is 1. The third kappa shape index (κ3) is 7.80. The summed E-state index contributed by atoms with van der Waals surface area (Å²) in [6, 6.07) is 13.5. The second-order valence-corrected chi connectivity index (χ2v) is 10.1. The maximum atomic E-state index is 13.3. The number of hydrogen-bond acceptors (Lipinski definition) is 10. The van der Waals surface area contributed by atoms with Crippen LogP contribution in [0.2, 0.25) is 0 Å². The first-order chi connectivity index (χ1) is 20.3. The SMILES string of the molecule is COC(=O)C1C(C)=NC(C)=C(C(=O)OCCOc2ccc(CCO[C@H]3CCCCO3)cc2)C1c1cccc([N+](=O)[O-])c1. The Bertz CT molecular complexity index is 1330. The van der Waals surface area contributed by atoms with Crippen LogP contribution >= 0.6 is 0 Å². The summed E-state index contributed by atoms with van der Waals surface area (Å²) in [5.74, 6) is -2.48. The Labute approximate surface area is 244 Å². The molecule has 0 spiro atoms. The van der Waals surface area contributed by atoms with Gasteiger partial charge in [-0.25, -0.2) is 4.79 Å². The Morgan fingerprint density at radius 2 is 1.86 bits per heavy atom. The molecule has 11 nitrogen and oxygen atoms in total. The normalized spacial score (nSPS) is 20.5. The molecule has 1 saturated heterocycles. The number of nitro groups is 1. The zero-order chi connectivity index (χ0) is 30.1. The predicted molar refractivity (Wildman–Crippen MR) is 153 cm³/mol. The summed E-state index contributed by atoms with van der Waals surface area (Å²) in [4.78, 5) is 41.4. The fourth-order valence-corrected chi connectivity index (χ4v) is 5.20. The van der Waals surface area contributed by atoms with Gasteiger partial charge in [0, 0.05) is 36.1 Å². The third-order valence-corrected chi connectivity index (χ3v) is 7.28. The van der Waals surface area contributed by atoms with Crippen LogP contribution in [0.5, 0.6) is 5.75 Å². The minimum absolute atomic E-state index is 0.0557. The van der Waals surface area contributed by atoms with E-state index in [-0.39, 0.29) is 30.8 Å². The zero-order valence-corrected chi connectivity index (χ0v) is 24.1. The van der Waals surface area contributed by atoms with E-state index in [1.54, 1.807) is 19.9 Å². The summed E-state index contributed by atoms with van der Waals surface area (Å²) in [5.41, 5.74) is 2.30. The Morgan fingerprint density at radius 1 is 1.07 bits per heavy atom. The van der Waals surface area contributed by atoms with E-state index in [1.165, 1.54) is 25.3 Å². The van der Waals surface area contributed by atoms with Gasteiger partial charge in [0.05, 0.1) is 24.2 Å². The number of rotatable bonds is 12. The molecule has 224 valence electrons. The number of ether oxygens (including phenoxy) is 5. The molecule has 11 heteroatoms. The van der Waals surface area contributed by atoms with Crippen LogP contribution in [0.4, 0.5) is 5.69 Å². The molecule has 4 rings (SSSR count). The largest absolute Gasteiger partial charge is 0.490 e. The molecule has 0 aliphatic carbocycles. The summed E-state index contributed by atoms with van der Waals surface area (Å²) in [5, 5.41) is 11.4. The van der Waals surface area contributed by atoms with E-state index < -0.39 is 28.7 Å². The van der Waals surface area contributed by atoms with Crippen molar-refractivity contribution in [3.05, 3.63) is 81.0 Å². The molecular weight excluding hydrogens is 544 g/mol. The second kappa shape index (κ2) is 14.7. The van der Waals surface area contributed by atoms with Crippen molar-refractivity contribution in [3.8, 4) is 5.75 Å². The van der Waals surface area contributed by atoms with Gasteiger partial charge in [-0.15, -0.1) is 0 Å². The number of methoxy groups -OCH3 is 1. The minimum atomic E-state index is -0.946. The number of non-ortho nitro benzene ring substituents is 1. The lowest BCUT2D eigenvalue weighted by Crippen LogP contribution is -2.36. The summed E-state index contributed by atoms with van der Waals surface area (Å²) in [6.07, 6.45) is 3.79. The summed E-state index contributed by atoms with van der Waals surface area (Å²) >= 11 is 0. The van der Waals surface area contributed by atoms with Crippen molar-refractivity contribution in [2.24, 2.45) is 10.9 Å². The van der Waals surface area contributed by atoms with Gasteiger partial charge in [-0.2, -0.15) is 0 Å². The Morgan fingerprint density at radius 3 is 2.55 bits per heavy atom. The molecule has 3 atom stereocenters. The van der Waals surface area contributed by atoms with Crippen molar-refractivity contribution in [1.82, 2.24) is 0 Å². The fraction of sp³-hybridized carbons (Fsp3) is 0.452. The van der Waals surface area contributed by atoms with Gasteiger partial charge in [-0.1, -0.05) is 24.3 Å². The number of nitrogens with zero attached hydrogens (tertiary/aromatic N) is 2. The van der Waals surface area contributed by atoms with Crippen LogP contribution in [0.1, 0.15) is 50.2 Å². The maximum Gasteiger partial charge on any atom is 0.336 e. The first-order valence-electron chi connectivity index (χ1n) is 14.0. The summed E-state index contributed by atoms with van der Waals surface area (Å²) in [7, 11) is 1.24. The monoisotopic (exact) mass is 580 g/mol. The lowest BCUT2D eigenvalue weighted by molar-refractivity contribution is -0.384. The van der Waals surface area contributed by atoms with E-state index >= 15 is 0 Å². The van der Waals surface area contributed by atoms with Crippen LogP contribution in [-0.2, 0) is 35.0 Å². The van der Waals surface area contributed by atoms with E-state index in [0.717, 1.165) is 37.9 Å². The van der Waals surface area contributed by atoms with E-state index in [9.17, 15) is 19.7 Å². The standard InChI is InChI=1S/C31H36N2O9/c1-20-27(30(34)38-3)29(23-7-6-8-24(19-23)33(36)37)28(21(2)32-20)31(35)42-18-17-39-25-12-10-22(11-13-25)14-16-41-26-9-4-5-15-40-26/h6-8,10-13,19,26-27,29H,4-5,9,14-18H2,1-3H3/t26-,27?,29?/m0/s1. The Balaban J connectivity index is 1.36. The molecule has 0 bridgehead atoms. The molecule has 2 aliphatic rings. The van der Waals surface area contributed by atoms with Gasteiger partial charge in [0.1, 0.15) is 24.9 Å². The van der Waals surface area contributed by atoms with E-state index in [2.05, 4.69) is 4.99 Å². The number of esters is 2. The van der Waals surface area contributed by atoms with Crippen molar-refractivity contribution >= 4 is 23.3 Å². The van der Waals surface area contributed by atoms with E-state index in [1.807, 2.05) is 24.3 Å². The second-order valence-electron chi connectivity index (χ2n) is 10.1. The van der Waals surface area contributed by atoms with Crippen LogP contribution in [0.15, 0.2) is 64.8 Å². The highest BCUT2D eigenvalue weighted by Crippen LogP contribution is 2.41.